The molecule has 1 aromatic heterocycles. The molecular formula is C16H15ClN2O4. The molecule has 0 radical (unpaired) electrons. The molecule has 0 amide bonds. The third kappa shape index (κ3) is 3.32. The van der Waals surface area contributed by atoms with Crippen LogP contribution in [0.2, 0.25) is 5.02 Å². The zero-order chi connectivity index (χ0) is 17.0. The molecule has 2 rings (SSSR count). The minimum Gasteiger partial charge on any atom is -0.462 e. The van der Waals surface area contributed by atoms with Crippen LogP contribution < -0.4 is 0 Å². The summed E-state index contributed by atoms with van der Waals surface area (Å²) in [5.74, 6) is -0.704. The molecule has 0 N–H and O–H groups in total. The van der Waals surface area contributed by atoms with E-state index in [1.54, 1.807) is 44.2 Å². The van der Waals surface area contributed by atoms with Gasteiger partial charge >= 0.3 is 11.7 Å². The Morgan fingerprint density at radius 2 is 1.96 bits per heavy atom. The fourth-order valence-electron chi connectivity index (χ4n) is 2.22. The van der Waals surface area contributed by atoms with Crippen molar-refractivity contribution in [3.63, 3.8) is 0 Å². The van der Waals surface area contributed by atoms with E-state index >= 15 is 0 Å². The number of esters is 1. The van der Waals surface area contributed by atoms with Crippen LogP contribution >= 0.6 is 11.6 Å². The highest BCUT2D eigenvalue weighted by atomic mass is 35.5. The third-order valence-electron chi connectivity index (χ3n) is 3.23. The van der Waals surface area contributed by atoms with Gasteiger partial charge in [0, 0.05) is 5.56 Å². The van der Waals surface area contributed by atoms with Gasteiger partial charge in [0.2, 0.25) is 0 Å². The number of benzene rings is 1. The van der Waals surface area contributed by atoms with Crippen molar-refractivity contribution in [2.75, 3.05) is 6.61 Å². The molecule has 23 heavy (non-hydrogen) atoms. The van der Waals surface area contributed by atoms with Gasteiger partial charge in [-0.1, -0.05) is 48.9 Å². The van der Waals surface area contributed by atoms with Gasteiger partial charge in [-0.15, -0.1) is 0 Å². The average molecular weight is 335 g/mol. The Morgan fingerprint density at radius 3 is 2.48 bits per heavy atom. The minimum atomic E-state index is -0.704. The smallest absolute Gasteiger partial charge is 0.341 e. The molecule has 1 heterocycles. The van der Waals surface area contributed by atoms with Crippen LogP contribution in [0.5, 0.6) is 0 Å². The van der Waals surface area contributed by atoms with Gasteiger partial charge in [-0.3, -0.25) is 10.1 Å². The van der Waals surface area contributed by atoms with Gasteiger partial charge in [-0.2, -0.15) is 0 Å². The second kappa shape index (κ2) is 7.19. The van der Waals surface area contributed by atoms with Crippen LogP contribution in [0.3, 0.4) is 0 Å². The summed E-state index contributed by atoms with van der Waals surface area (Å²) in [5.41, 5.74) is 0.648. The second-order valence-corrected chi connectivity index (χ2v) is 5.02. The Labute approximate surface area is 138 Å². The third-order valence-corrected chi connectivity index (χ3v) is 3.60. The van der Waals surface area contributed by atoms with E-state index in [1.807, 2.05) is 0 Å². The molecule has 0 spiro atoms. The molecule has 0 aliphatic carbocycles. The van der Waals surface area contributed by atoms with E-state index in [0.717, 1.165) is 0 Å². The number of halogens is 1. The molecule has 0 fully saturated rings. The highest BCUT2D eigenvalue weighted by Gasteiger charge is 2.30. The Hall–Kier alpha value is -2.47. The van der Waals surface area contributed by atoms with Gasteiger partial charge in [0.05, 0.1) is 17.2 Å². The fraction of sp³-hybridized carbons (Fsp3) is 0.250. The van der Waals surface area contributed by atoms with Gasteiger partial charge in [-0.25, -0.2) is 9.78 Å². The number of nitrogens with zero attached hydrogens (tertiary/aromatic N) is 2. The van der Waals surface area contributed by atoms with Crippen molar-refractivity contribution < 1.29 is 14.5 Å². The molecule has 1 aromatic carbocycles. The highest BCUT2D eigenvalue weighted by molar-refractivity contribution is 6.36. The molecular weight excluding hydrogens is 320 g/mol. The highest BCUT2D eigenvalue weighted by Crippen LogP contribution is 2.38. The van der Waals surface area contributed by atoms with Gasteiger partial charge in [-0.05, 0) is 13.3 Å². The molecule has 6 nitrogen and oxygen atoms in total. The molecule has 0 saturated carbocycles. The van der Waals surface area contributed by atoms with Crippen molar-refractivity contribution in [3.8, 4) is 11.3 Å². The van der Waals surface area contributed by atoms with E-state index in [1.165, 1.54) is 0 Å². The van der Waals surface area contributed by atoms with E-state index in [2.05, 4.69) is 4.98 Å². The van der Waals surface area contributed by atoms with Crippen LogP contribution in [0.25, 0.3) is 11.3 Å². The van der Waals surface area contributed by atoms with Crippen LogP contribution in [0.1, 0.15) is 29.9 Å². The second-order valence-electron chi connectivity index (χ2n) is 4.64. The first-order valence-electron chi connectivity index (χ1n) is 7.10. The largest absolute Gasteiger partial charge is 0.462 e. The topological polar surface area (TPSA) is 82.3 Å². The van der Waals surface area contributed by atoms with Crippen molar-refractivity contribution in [2.45, 2.75) is 20.3 Å². The van der Waals surface area contributed by atoms with Crippen LogP contribution in [-0.2, 0) is 11.2 Å². The number of hydrogen-bond donors (Lipinski definition) is 0. The summed E-state index contributed by atoms with van der Waals surface area (Å²) < 4.78 is 4.95. The van der Waals surface area contributed by atoms with Crippen molar-refractivity contribution in [3.05, 3.63) is 56.7 Å². The molecule has 0 atom stereocenters. The summed E-state index contributed by atoms with van der Waals surface area (Å²) in [6.45, 7) is 3.59. The Morgan fingerprint density at radius 1 is 1.30 bits per heavy atom. The molecule has 0 bridgehead atoms. The lowest BCUT2D eigenvalue weighted by Gasteiger charge is -2.12. The first-order valence-corrected chi connectivity index (χ1v) is 7.48. The SMILES string of the molecule is CCOC(=O)c1c(CC)nc(-c2ccccc2)c([N+](=O)[O-])c1Cl. The quantitative estimate of drug-likeness (QED) is 0.468. The number of carbonyl (C=O) groups excluding carboxylic acids is 1. The summed E-state index contributed by atoms with van der Waals surface area (Å²) >= 11 is 6.19. The lowest BCUT2D eigenvalue weighted by molar-refractivity contribution is -0.384. The van der Waals surface area contributed by atoms with Crippen LogP contribution in [0.15, 0.2) is 30.3 Å². The van der Waals surface area contributed by atoms with Gasteiger partial charge in [0.1, 0.15) is 16.3 Å². The van der Waals surface area contributed by atoms with E-state index < -0.39 is 16.6 Å². The molecule has 7 heteroatoms. The molecule has 0 aliphatic rings. The monoisotopic (exact) mass is 334 g/mol. The fourth-order valence-corrected chi connectivity index (χ4v) is 2.57. The van der Waals surface area contributed by atoms with Crippen molar-refractivity contribution in [1.82, 2.24) is 4.98 Å². The average Bonchev–Trinajstić information content (AvgIpc) is 2.54. The van der Waals surface area contributed by atoms with Crippen molar-refractivity contribution in [1.29, 1.82) is 0 Å². The first kappa shape index (κ1) is 16.9. The minimum absolute atomic E-state index is 0.0394. The van der Waals surface area contributed by atoms with Crippen LogP contribution in [-0.4, -0.2) is 22.5 Å². The summed E-state index contributed by atoms with van der Waals surface area (Å²) in [5, 5.41) is 11.2. The Balaban J connectivity index is 2.77. The number of carbonyl (C=O) groups is 1. The molecule has 0 aliphatic heterocycles. The number of aryl methyl sites for hydroxylation is 1. The lowest BCUT2D eigenvalue weighted by Crippen LogP contribution is -2.13. The molecule has 120 valence electrons. The van der Waals surface area contributed by atoms with E-state index in [9.17, 15) is 14.9 Å². The number of pyridine rings is 1. The Bertz CT molecular complexity index is 747. The van der Waals surface area contributed by atoms with Crippen LogP contribution in [0.4, 0.5) is 5.69 Å². The van der Waals surface area contributed by atoms with E-state index in [0.29, 0.717) is 17.7 Å². The van der Waals surface area contributed by atoms with Crippen LogP contribution in [0, 0.1) is 10.1 Å². The number of rotatable bonds is 5. The lowest BCUT2D eigenvalue weighted by atomic mass is 10.0. The molecule has 0 unspecified atom stereocenters. The van der Waals surface area contributed by atoms with Crippen molar-refractivity contribution in [2.24, 2.45) is 0 Å². The van der Waals surface area contributed by atoms with Crippen molar-refractivity contribution >= 4 is 23.3 Å². The summed E-state index contributed by atoms with van der Waals surface area (Å²) in [6, 6.07) is 8.70. The molecule has 2 aromatic rings. The number of aromatic nitrogens is 1. The predicted molar refractivity (Wildman–Crippen MR) is 86.7 cm³/mol. The maximum Gasteiger partial charge on any atom is 0.341 e. The maximum atomic E-state index is 12.1. The number of ether oxygens (including phenoxy) is 1. The van der Waals surface area contributed by atoms with Gasteiger partial charge in [0.25, 0.3) is 0 Å². The summed E-state index contributed by atoms with van der Waals surface area (Å²) in [7, 11) is 0. The van der Waals surface area contributed by atoms with Gasteiger partial charge < -0.3 is 4.74 Å². The standard InChI is InChI=1S/C16H15ClN2O4/c1-3-11-12(16(20)23-4-2)13(17)15(19(21)22)14(18-11)10-8-6-5-7-9-10/h5-9H,3-4H2,1-2H3. The first-order chi connectivity index (χ1) is 11.0. The van der Waals surface area contributed by atoms with E-state index in [-0.39, 0.29) is 22.9 Å². The zero-order valence-corrected chi connectivity index (χ0v) is 13.5. The zero-order valence-electron chi connectivity index (χ0n) is 12.7. The maximum absolute atomic E-state index is 12.1. The van der Waals surface area contributed by atoms with Gasteiger partial charge in [0.15, 0.2) is 0 Å². The Kier molecular flexibility index (Phi) is 5.28. The van der Waals surface area contributed by atoms with E-state index in [4.69, 9.17) is 16.3 Å². The summed E-state index contributed by atoms with van der Waals surface area (Å²) in [6.07, 6.45) is 0.395. The summed E-state index contributed by atoms with van der Waals surface area (Å²) in [4.78, 5) is 27.3. The normalized spacial score (nSPS) is 10.4. The number of hydrogen-bond acceptors (Lipinski definition) is 5. The molecule has 0 saturated heterocycles. The predicted octanol–water partition coefficient (Wildman–Crippen LogP) is 4.05. The number of nitro groups is 1.